The summed E-state index contributed by atoms with van der Waals surface area (Å²) in [5.74, 6) is 3.26. The number of hydrogen-bond acceptors (Lipinski definition) is 5. The lowest BCUT2D eigenvalue weighted by Crippen LogP contribution is -2.18. The van der Waals surface area contributed by atoms with E-state index >= 15 is 0 Å². The van der Waals surface area contributed by atoms with Crippen LogP contribution in [0.25, 0.3) is 22.8 Å². The predicted molar refractivity (Wildman–Crippen MR) is 316 cm³/mol. The van der Waals surface area contributed by atoms with Crippen molar-refractivity contribution >= 4 is 16.1 Å². The number of aromatic nitrogens is 4. The van der Waals surface area contributed by atoms with Crippen LogP contribution < -0.4 is 4.74 Å². The maximum absolute atomic E-state index is 6.39. The normalized spacial score (nSPS) is 12.0. The van der Waals surface area contributed by atoms with Gasteiger partial charge in [0.2, 0.25) is 0 Å². The Bertz CT molecular complexity index is 1810. The minimum Gasteiger partial charge on any atom is -0.457 e. The number of unbranched alkanes of at least 4 members (excludes halogenated alkanes) is 26. The van der Waals surface area contributed by atoms with E-state index in [1.54, 1.807) is 0 Å². The van der Waals surface area contributed by atoms with Crippen LogP contribution in [0.4, 0.5) is 0 Å². The van der Waals surface area contributed by atoms with Crippen molar-refractivity contribution in [2.75, 3.05) is 0 Å². The van der Waals surface area contributed by atoms with Crippen LogP contribution in [0.5, 0.6) is 11.5 Å². The van der Waals surface area contributed by atoms with Gasteiger partial charge in [-0.05, 0) is 111 Å². The number of hydrogen-bond donors (Lipinski definition) is 0. The molecule has 5 nitrogen and oxygen atoms in total. The maximum atomic E-state index is 6.39. The van der Waals surface area contributed by atoms with E-state index in [9.17, 15) is 0 Å². The maximum Gasteiger partial charge on any atom is 0.159 e. The van der Waals surface area contributed by atoms with Crippen LogP contribution >= 0.6 is 0 Å². The van der Waals surface area contributed by atoms with Crippen molar-refractivity contribution < 1.29 is 4.74 Å². The summed E-state index contributed by atoms with van der Waals surface area (Å²) in [5, 5.41) is 0. The summed E-state index contributed by atoms with van der Waals surface area (Å²) >= 11 is 0. The molecule has 0 radical (unpaired) electrons. The first-order valence-corrected chi connectivity index (χ1v) is 37.4. The fourth-order valence-corrected chi connectivity index (χ4v) is 12.7. The van der Waals surface area contributed by atoms with Gasteiger partial charge in [0.1, 0.15) is 11.5 Å². The van der Waals surface area contributed by atoms with Crippen molar-refractivity contribution in [3.8, 4) is 34.3 Å². The molecule has 0 atom stereocenters. The van der Waals surface area contributed by atoms with E-state index in [4.69, 9.17) is 24.7 Å². The number of nitrogens with zero attached hydrogens (tertiary/aromatic N) is 4. The number of ether oxygens (including phenoxy) is 1. The van der Waals surface area contributed by atoms with Gasteiger partial charge in [-0.1, -0.05) is 232 Å². The average Bonchev–Trinajstić information content (AvgIpc) is 3.35. The van der Waals surface area contributed by atoms with Gasteiger partial charge in [0.05, 0.1) is 0 Å². The van der Waals surface area contributed by atoms with Gasteiger partial charge in [-0.3, -0.25) is 0 Å². The molecule has 4 rings (SSSR count). The molecule has 0 aliphatic heterocycles. The van der Waals surface area contributed by atoms with Crippen LogP contribution in [0.2, 0.25) is 51.4 Å². The highest BCUT2D eigenvalue weighted by molar-refractivity contribution is 6.76. The van der Waals surface area contributed by atoms with Crippen LogP contribution in [-0.4, -0.2) is 36.1 Å². The quantitative estimate of drug-likeness (QED) is 0.0327. The summed E-state index contributed by atoms with van der Waals surface area (Å²) < 4.78 is 6.39. The van der Waals surface area contributed by atoms with Gasteiger partial charge in [0.25, 0.3) is 0 Å². The third-order valence-electron chi connectivity index (χ3n) is 14.6. The minimum absolute atomic E-state index is 0.808. The zero-order valence-electron chi connectivity index (χ0n) is 47.4. The molecule has 2 aromatic heterocycles. The first kappa shape index (κ1) is 60.4. The molecule has 0 saturated heterocycles. The number of benzene rings is 2. The Kier molecular flexibility index (Phi) is 30.5. The Morgan fingerprint density at radius 2 is 0.620 bits per heavy atom. The third kappa shape index (κ3) is 27.6. The monoisotopic (exact) mass is 1000 g/mol. The van der Waals surface area contributed by atoms with Gasteiger partial charge >= 0.3 is 0 Å². The first-order valence-electron chi connectivity index (χ1n) is 30.0. The molecule has 0 saturated carbocycles. The molecule has 4 aromatic rings. The summed E-state index contributed by atoms with van der Waals surface area (Å²) in [6.07, 6.45) is 48.8. The summed E-state index contributed by atoms with van der Waals surface area (Å²) in [6, 6.07) is 19.6. The predicted octanol–water partition coefficient (Wildman–Crippen LogP) is 21.0. The van der Waals surface area contributed by atoms with Gasteiger partial charge in [-0.15, -0.1) is 0 Å². The van der Waals surface area contributed by atoms with Gasteiger partial charge in [-0.2, -0.15) is 0 Å². The van der Waals surface area contributed by atoms with E-state index in [0.717, 1.165) is 60.0 Å². The smallest absolute Gasteiger partial charge is 0.159 e. The fourth-order valence-electron chi connectivity index (χ4n) is 10.1. The van der Waals surface area contributed by atoms with E-state index in [2.05, 4.69) is 114 Å². The summed E-state index contributed by atoms with van der Waals surface area (Å²) in [4.78, 5) is 20.3. The van der Waals surface area contributed by atoms with E-state index < -0.39 is 16.1 Å². The Morgan fingerprint density at radius 1 is 0.338 bits per heavy atom. The van der Waals surface area contributed by atoms with Crippen molar-refractivity contribution in [2.45, 2.75) is 284 Å². The van der Waals surface area contributed by atoms with Crippen molar-refractivity contribution in [1.29, 1.82) is 0 Å². The molecule has 0 amide bonds. The van der Waals surface area contributed by atoms with Gasteiger partial charge in [0, 0.05) is 51.1 Å². The summed E-state index contributed by atoms with van der Waals surface area (Å²) in [5.41, 5.74) is 7.30. The third-order valence-corrected chi connectivity index (χ3v) is 18.4. The second kappa shape index (κ2) is 35.9. The Hall–Kier alpha value is -3.17. The average molecular weight is 1000 g/mol. The van der Waals surface area contributed by atoms with E-state index in [1.165, 1.54) is 227 Å². The molecular weight excluding hydrogens is 897 g/mol. The highest BCUT2D eigenvalue weighted by atomic mass is 28.3. The molecular formula is C64H106N4OSi2. The highest BCUT2D eigenvalue weighted by Gasteiger charge is 2.15. The molecule has 2 aromatic carbocycles. The summed E-state index contributed by atoms with van der Waals surface area (Å²) in [6.45, 7) is 19.6. The molecule has 0 aliphatic carbocycles. The standard InChI is InChI=1S/C64H106N4OSi2/c1-9-11-13-15-27-33-39-57-53-65-63(67-61(57)41-35-29-23-19-17-21-25-31-37-51-70(3,4)5)55-43-47-59(48-44-55)69-60-49-45-56(46-50-60)64-66-54-58(40-34-28-16-14-12-10-2)62(68-64)42-36-30-24-20-18-22-26-32-38-52-71(6,7)8/h43-50,53-54H,9-42,51-52H2,1-8H3. The zero-order valence-corrected chi connectivity index (χ0v) is 49.4. The second-order valence-corrected chi connectivity index (χ2v) is 35.2. The topological polar surface area (TPSA) is 60.8 Å². The van der Waals surface area contributed by atoms with Crippen LogP contribution in [0, 0.1) is 0 Å². The van der Waals surface area contributed by atoms with Crippen molar-refractivity contribution in [3.05, 3.63) is 83.4 Å². The molecule has 0 unspecified atom stereocenters. The molecule has 0 bridgehead atoms. The summed E-state index contributed by atoms with van der Waals surface area (Å²) in [7, 11) is -1.75. The number of aryl methyl sites for hydroxylation is 4. The van der Waals surface area contributed by atoms with E-state index in [-0.39, 0.29) is 0 Å². The molecule has 7 heteroatoms. The van der Waals surface area contributed by atoms with Gasteiger partial charge in [-0.25, -0.2) is 19.9 Å². The molecule has 0 fully saturated rings. The van der Waals surface area contributed by atoms with Gasteiger partial charge < -0.3 is 4.74 Å². The largest absolute Gasteiger partial charge is 0.457 e. The lowest BCUT2D eigenvalue weighted by molar-refractivity contribution is 0.483. The fraction of sp³-hybridized carbons (Fsp3) is 0.688. The first-order chi connectivity index (χ1) is 34.4. The zero-order chi connectivity index (χ0) is 50.8. The Labute approximate surface area is 439 Å². The van der Waals surface area contributed by atoms with Crippen molar-refractivity contribution in [1.82, 2.24) is 19.9 Å². The van der Waals surface area contributed by atoms with Crippen molar-refractivity contribution in [2.24, 2.45) is 0 Å². The lowest BCUT2D eigenvalue weighted by atomic mass is 10.0. The van der Waals surface area contributed by atoms with Gasteiger partial charge in [0.15, 0.2) is 11.6 Å². The molecule has 0 aliphatic rings. The highest BCUT2D eigenvalue weighted by Crippen LogP contribution is 2.29. The molecule has 0 N–H and O–H groups in total. The lowest BCUT2D eigenvalue weighted by Gasteiger charge is -2.14. The van der Waals surface area contributed by atoms with E-state index in [1.807, 2.05) is 0 Å². The Balaban J connectivity index is 1.30. The van der Waals surface area contributed by atoms with E-state index in [0.29, 0.717) is 0 Å². The van der Waals surface area contributed by atoms with Crippen LogP contribution in [0.1, 0.15) is 229 Å². The Morgan fingerprint density at radius 3 is 0.930 bits per heavy atom. The second-order valence-electron chi connectivity index (χ2n) is 24.0. The molecule has 396 valence electrons. The van der Waals surface area contributed by atoms with Crippen LogP contribution in [-0.2, 0) is 25.7 Å². The van der Waals surface area contributed by atoms with Crippen LogP contribution in [0.3, 0.4) is 0 Å². The minimum atomic E-state index is -0.877. The van der Waals surface area contributed by atoms with Crippen LogP contribution in [0.15, 0.2) is 60.9 Å². The molecule has 2 heterocycles. The number of rotatable bonds is 42. The molecule has 0 spiro atoms. The molecule has 71 heavy (non-hydrogen) atoms. The van der Waals surface area contributed by atoms with Crippen molar-refractivity contribution in [3.63, 3.8) is 0 Å². The SMILES string of the molecule is CCCCCCCCc1cnc(-c2ccc(Oc3ccc(-c4ncc(CCCCCCCC)c(CCCCCCCCCCC[Si](C)(C)C)n4)cc3)cc2)nc1CCCCCCCCCCC[Si](C)(C)C.